The van der Waals surface area contributed by atoms with Gasteiger partial charge >= 0.3 is 6.03 Å². The number of hydrogen-bond donors (Lipinski definition) is 1. The fraction of sp³-hybridized carbons (Fsp3) is 0. The summed E-state index contributed by atoms with van der Waals surface area (Å²) in [7, 11) is 0. The Balaban J connectivity index is 1.69. The Labute approximate surface area is 169 Å². The number of amides is 3. The van der Waals surface area contributed by atoms with E-state index in [1.54, 1.807) is 53.2 Å². The second-order valence-corrected chi connectivity index (χ2v) is 6.63. The zero-order valence-corrected chi connectivity index (χ0v) is 15.5. The van der Waals surface area contributed by atoms with Gasteiger partial charge in [0.1, 0.15) is 5.70 Å². The average Bonchev–Trinajstić information content (AvgIpc) is 3.26. The van der Waals surface area contributed by atoms with Gasteiger partial charge in [0.2, 0.25) is 0 Å². The third-order valence-corrected chi connectivity index (χ3v) is 4.57. The van der Waals surface area contributed by atoms with Gasteiger partial charge in [0.25, 0.3) is 11.6 Å². The van der Waals surface area contributed by atoms with Gasteiger partial charge < -0.3 is 9.88 Å². The van der Waals surface area contributed by atoms with Crippen LogP contribution < -0.4 is 10.2 Å². The Kier molecular flexibility index (Phi) is 4.61. The van der Waals surface area contributed by atoms with E-state index in [1.807, 2.05) is 0 Å². The van der Waals surface area contributed by atoms with E-state index in [4.69, 9.17) is 11.6 Å². The molecule has 0 spiro atoms. The smallest absolute Gasteiger partial charge is 0.317 e. The number of carbonyl (C=O) groups is 2. The van der Waals surface area contributed by atoms with E-state index in [0.29, 0.717) is 22.1 Å². The number of carbonyl (C=O) groups excluding carboxylic acids is 2. The predicted molar refractivity (Wildman–Crippen MR) is 108 cm³/mol. The maximum atomic E-state index is 12.8. The lowest BCUT2D eigenvalue weighted by atomic mass is 10.2. The molecule has 29 heavy (non-hydrogen) atoms. The molecule has 9 heteroatoms. The average molecular weight is 409 g/mol. The van der Waals surface area contributed by atoms with Crippen LogP contribution in [-0.2, 0) is 4.79 Å². The minimum atomic E-state index is -0.586. The van der Waals surface area contributed by atoms with E-state index >= 15 is 0 Å². The minimum Gasteiger partial charge on any atom is -0.317 e. The number of benzene rings is 2. The number of nitrogens with one attached hydrogen (secondary N) is 1. The Bertz CT molecular complexity index is 1180. The van der Waals surface area contributed by atoms with Gasteiger partial charge in [-0.3, -0.25) is 14.9 Å². The Morgan fingerprint density at radius 2 is 1.76 bits per heavy atom. The number of nitro benzene ring substituents is 1. The van der Waals surface area contributed by atoms with Crippen molar-refractivity contribution < 1.29 is 14.5 Å². The molecule has 1 fully saturated rings. The molecule has 1 aliphatic heterocycles. The second kappa shape index (κ2) is 7.25. The lowest BCUT2D eigenvalue weighted by Crippen LogP contribution is -2.30. The number of nitrogens with zero attached hydrogens (tertiary/aromatic N) is 3. The molecule has 8 nitrogen and oxygen atoms in total. The van der Waals surface area contributed by atoms with Crippen LogP contribution in [0, 0.1) is 10.1 Å². The summed E-state index contributed by atoms with van der Waals surface area (Å²) in [5.74, 6) is -0.524. The summed E-state index contributed by atoms with van der Waals surface area (Å²) in [5.41, 5.74) is 1.52. The van der Waals surface area contributed by atoms with Crippen LogP contribution in [0.3, 0.4) is 0 Å². The van der Waals surface area contributed by atoms with Gasteiger partial charge in [-0.15, -0.1) is 0 Å². The number of halogens is 1. The van der Waals surface area contributed by atoms with E-state index < -0.39 is 16.9 Å². The van der Waals surface area contributed by atoms with Gasteiger partial charge in [-0.25, -0.2) is 9.69 Å². The van der Waals surface area contributed by atoms with Crippen LogP contribution in [-0.4, -0.2) is 21.4 Å². The number of urea groups is 1. The fourth-order valence-corrected chi connectivity index (χ4v) is 3.22. The van der Waals surface area contributed by atoms with E-state index in [2.05, 4.69) is 5.32 Å². The second-order valence-electron chi connectivity index (χ2n) is 6.19. The fourth-order valence-electron chi connectivity index (χ4n) is 3.04. The van der Waals surface area contributed by atoms with Gasteiger partial charge in [-0.05, 0) is 42.5 Å². The molecule has 0 bridgehead atoms. The standard InChI is InChI=1S/C20H13ClN4O4/c21-13-4-1-6-16(10-13)24-19(26)18(22-20(24)27)12-15-8-3-9-23(15)14-5-2-7-17(11-14)25(28)29/h1-12H,(H,22,27)/b18-12+. The number of aromatic nitrogens is 1. The number of non-ortho nitro benzene ring substituents is 1. The molecule has 2 heterocycles. The Morgan fingerprint density at radius 1 is 1.00 bits per heavy atom. The first-order chi connectivity index (χ1) is 13.9. The Morgan fingerprint density at radius 3 is 2.52 bits per heavy atom. The largest absolute Gasteiger partial charge is 0.333 e. The molecule has 0 radical (unpaired) electrons. The van der Waals surface area contributed by atoms with Crippen LogP contribution in [0.4, 0.5) is 16.2 Å². The molecule has 3 amide bonds. The molecule has 3 aromatic rings. The van der Waals surface area contributed by atoms with Crippen LogP contribution >= 0.6 is 11.6 Å². The molecule has 1 saturated heterocycles. The number of nitro groups is 1. The summed E-state index contributed by atoms with van der Waals surface area (Å²) in [6.45, 7) is 0. The molecule has 0 saturated carbocycles. The predicted octanol–water partition coefficient (Wildman–Crippen LogP) is 4.14. The van der Waals surface area contributed by atoms with Gasteiger partial charge in [-0.1, -0.05) is 23.7 Å². The monoisotopic (exact) mass is 408 g/mol. The molecule has 1 N–H and O–H groups in total. The summed E-state index contributed by atoms with van der Waals surface area (Å²) < 4.78 is 1.68. The third-order valence-electron chi connectivity index (χ3n) is 4.34. The lowest BCUT2D eigenvalue weighted by molar-refractivity contribution is -0.384. The van der Waals surface area contributed by atoms with Crippen molar-refractivity contribution in [2.45, 2.75) is 0 Å². The highest BCUT2D eigenvalue weighted by molar-refractivity contribution is 6.32. The maximum absolute atomic E-state index is 12.8. The molecule has 2 aromatic carbocycles. The minimum absolute atomic E-state index is 0.0489. The van der Waals surface area contributed by atoms with Crippen LogP contribution in [0.5, 0.6) is 0 Å². The van der Waals surface area contributed by atoms with Crippen molar-refractivity contribution >= 4 is 41.0 Å². The first-order valence-corrected chi connectivity index (χ1v) is 8.87. The summed E-state index contributed by atoms with van der Waals surface area (Å²) in [6, 6.07) is 15.4. The lowest BCUT2D eigenvalue weighted by Gasteiger charge is -2.11. The summed E-state index contributed by atoms with van der Waals surface area (Å²) >= 11 is 5.96. The Hall–Kier alpha value is -3.91. The van der Waals surface area contributed by atoms with E-state index in [9.17, 15) is 19.7 Å². The van der Waals surface area contributed by atoms with E-state index in [0.717, 1.165) is 4.90 Å². The zero-order valence-electron chi connectivity index (χ0n) is 14.8. The van der Waals surface area contributed by atoms with Crippen molar-refractivity contribution in [3.63, 3.8) is 0 Å². The van der Waals surface area contributed by atoms with E-state index in [1.165, 1.54) is 24.3 Å². The van der Waals surface area contributed by atoms with Crippen LogP contribution in [0.1, 0.15) is 5.69 Å². The molecular weight excluding hydrogens is 396 g/mol. The highest BCUT2D eigenvalue weighted by atomic mass is 35.5. The number of rotatable bonds is 4. The highest BCUT2D eigenvalue weighted by Crippen LogP contribution is 2.26. The van der Waals surface area contributed by atoms with Crippen molar-refractivity contribution in [3.05, 3.63) is 93.4 Å². The van der Waals surface area contributed by atoms with E-state index in [-0.39, 0.29) is 11.4 Å². The third kappa shape index (κ3) is 3.48. The zero-order chi connectivity index (χ0) is 20.5. The molecule has 1 aromatic heterocycles. The SMILES string of the molecule is O=C1N/C(=C/c2cccn2-c2cccc([N+](=O)[O-])c2)C(=O)N1c1cccc(Cl)c1. The van der Waals surface area contributed by atoms with Gasteiger partial charge in [0, 0.05) is 29.0 Å². The van der Waals surface area contributed by atoms with Crippen LogP contribution in [0.2, 0.25) is 5.02 Å². The number of hydrogen-bond acceptors (Lipinski definition) is 4. The summed E-state index contributed by atoms with van der Waals surface area (Å²) in [5, 5.41) is 14.0. The molecule has 1 aliphatic rings. The molecule has 0 unspecified atom stereocenters. The molecule has 0 atom stereocenters. The topological polar surface area (TPSA) is 97.5 Å². The molecule has 0 aliphatic carbocycles. The molecular formula is C20H13ClN4O4. The maximum Gasteiger partial charge on any atom is 0.333 e. The number of imide groups is 1. The normalized spacial score (nSPS) is 15.1. The van der Waals surface area contributed by atoms with Gasteiger partial charge in [0.05, 0.1) is 16.3 Å². The van der Waals surface area contributed by atoms with Crippen molar-refractivity contribution in [3.8, 4) is 5.69 Å². The highest BCUT2D eigenvalue weighted by Gasteiger charge is 2.35. The summed E-state index contributed by atoms with van der Waals surface area (Å²) in [6.07, 6.45) is 3.23. The quantitative estimate of drug-likeness (QED) is 0.303. The van der Waals surface area contributed by atoms with Crippen molar-refractivity contribution in [1.82, 2.24) is 9.88 Å². The van der Waals surface area contributed by atoms with Crippen molar-refractivity contribution in [1.29, 1.82) is 0 Å². The van der Waals surface area contributed by atoms with Crippen molar-refractivity contribution in [2.24, 2.45) is 0 Å². The summed E-state index contributed by atoms with van der Waals surface area (Å²) in [4.78, 5) is 36.7. The van der Waals surface area contributed by atoms with Gasteiger partial charge in [-0.2, -0.15) is 0 Å². The molecule has 144 valence electrons. The van der Waals surface area contributed by atoms with Crippen LogP contribution in [0.25, 0.3) is 11.8 Å². The van der Waals surface area contributed by atoms with Gasteiger partial charge in [0.15, 0.2) is 0 Å². The van der Waals surface area contributed by atoms with Crippen LogP contribution in [0.15, 0.2) is 72.6 Å². The first-order valence-electron chi connectivity index (χ1n) is 8.49. The first kappa shape index (κ1) is 18.5. The van der Waals surface area contributed by atoms with Crippen molar-refractivity contribution in [2.75, 3.05) is 4.90 Å². The number of anilines is 1. The molecule has 4 rings (SSSR count).